The number of aryl methyl sites for hydroxylation is 1. The molecule has 2 rings (SSSR count). The first-order valence-electron chi connectivity index (χ1n) is 7.20. The van der Waals surface area contributed by atoms with Crippen LogP contribution in [0.4, 0.5) is 5.82 Å². The van der Waals surface area contributed by atoms with Crippen LogP contribution in [0.5, 0.6) is 0 Å². The Morgan fingerprint density at radius 1 is 1.28 bits per heavy atom. The van der Waals surface area contributed by atoms with E-state index in [2.05, 4.69) is 56.8 Å². The lowest BCUT2D eigenvalue weighted by molar-refractivity contribution is 0.422. The molecule has 0 radical (unpaired) electrons. The van der Waals surface area contributed by atoms with E-state index in [9.17, 15) is 0 Å². The molecule has 1 unspecified atom stereocenters. The molecule has 0 aliphatic carbocycles. The summed E-state index contributed by atoms with van der Waals surface area (Å²) in [4.78, 5) is 7.11. The molecule has 0 saturated carbocycles. The number of anilines is 1. The molecular weight excluding hydrogens is 220 g/mol. The minimum atomic E-state index is 0.563. The number of pyridine rings is 1. The van der Waals surface area contributed by atoms with Gasteiger partial charge < -0.3 is 4.90 Å². The summed E-state index contributed by atoms with van der Waals surface area (Å²) >= 11 is 0. The van der Waals surface area contributed by atoms with Crippen molar-refractivity contribution in [3.05, 3.63) is 23.4 Å². The maximum Gasteiger partial charge on any atom is 0.128 e. The maximum absolute atomic E-state index is 4.66. The summed E-state index contributed by atoms with van der Waals surface area (Å²) in [5.41, 5.74) is 2.75. The Labute approximate surface area is 111 Å². The Bertz CT molecular complexity index is 410. The minimum Gasteiger partial charge on any atom is -0.356 e. The lowest BCUT2D eigenvalue weighted by Crippen LogP contribution is -2.22. The maximum atomic E-state index is 4.66. The molecule has 1 aromatic rings. The van der Waals surface area contributed by atoms with E-state index in [1.807, 2.05) is 0 Å². The SMILES string of the molecule is Cc1cc(N2CCC(C(C)C)C2)ncc1C(C)C. The van der Waals surface area contributed by atoms with E-state index in [1.165, 1.54) is 29.9 Å². The molecule has 0 N–H and O–H groups in total. The Balaban J connectivity index is 2.13. The second-order valence-corrected chi connectivity index (χ2v) is 6.29. The average Bonchev–Trinajstić information content (AvgIpc) is 2.77. The second-order valence-electron chi connectivity index (χ2n) is 6.29. The number of aromatic nitrogens is 1. The monoisotopic (exact) mass is 246 g/mol. The summed E-state index contributed by atoms with van der Waals surface area (Å²) in [5.74, 6) is 3.34. The molecule has 1 aliphatic heterocycles. The van der Waals surface area contributed by atoms with Gasteiger partial charge in [0.2, 0.25) is 0 Å². The first kappa shape index (κ1) is 13.4. The van der Waals surface area contributed by atoms with Gasteiger partial charge in [-0.1, -0.05) is 27.7 Å². The minimum absolute atomic E-state index is 0.563. The van der Waals surface area contributed by atoms with Gasteiger partial charge in [-0.25, -0.2) is 4.98 Å². The summed E-state index contributed by atoms with van der Waals surface area (Å²) in [6.45, 7) is 13.7. The Morgan fingerprint density at radius 2 is 2.00 bits per heavy atom. The van der Waals surface area contributed by atoms with E-state index in [4.69, 9.17) is 0 Å². The average molecular weight is 246 g/mol. The van der Waals surface area contributed by atoms with Crippen molar-refractivity contribution in [2.45, 2.75) is 47.0 Å². The smallest absolute Gasteiger partial charge is 0.128 e. The predicted octanol–water partition coefficient (Wildman–Crippen LogP) is 4.00. The van der Waals surface area contributed by atoms with Crippen LogP contribution < -0.4 is 4.90 Å². The van der Waals surface area contributed by atoms with Crippen molar-refractivity contribution in [1.82, 2.24) is 4.98 Å². The van der Waals surface area contributed by atoms with E-state index in [-0.39, 0.29) is 0 Å². The molecule has 100 valence electrons. The fraction of sp³-hybridized carbons (Fsp3) is 0.688. The van der Waals surface area contributed by atoms with E-state index in [1.54, 1.807) is 0 Å². The van der Waals surface area contributed by atoms with Gasteiger partial charge >= 0.3 is 0 Å². The third-order valence-electron chi connectivity index (χ3n) is 4.25. The third-order valence-corrected chi connectivity index (χ3v) is 4.25. The molecular formula is C16H26N2. The predicted molar refractivity (Wildman–Crippen MR) is 78.2 cm³/mol. The van der Waals surface area contributed by atoms with Crippen LogP contribution in [0.25, 0.3) is 0 Å². The molecule has 18 heavy (non-hydrogen) atoms. The van der Waals surface area contributed by atoms with Gasteiger partial charge in [0.15, 0.2) is 0 Å². The lowest BCUT2D eigenvalue weighted by atomic mass is 9.95. The molecule has 2 heterocycles. The molecule has 0 amide bonds. The summed E-state index contributed by atoms with van der Waals surface area (Å²) in [6, 6.07) is 2.26. The first-order valence-corrected chi connectivity index (χ1v) is 7.20. The van der Waals surface area contributed by atoms with Crippen LogP contribution in [0, 0.1) is 18.8 Å². The highest BCUT2D eigenvalue weighted by atomic mass is 15.2. The summed E-state index contributed by atoms with van der Waals surface area (Å²) in [6.07, 6.45) is 3.38. The molecule has 1 atom stereocenters. The number of rotatable bonds is 3. The topological polar surface area (TPSA) is 16.1 Å². The number of nitrogens with zero attached hydrogens (tertiary/aromatic N) is 2. The van der Waals surface area contributed by atoms with E-state index in [0.29, 0.717) is 5.92 Å². The van der Waals surface area contributed by atoms with Crippen LogP contribution in [0.3, 0.4) is 0 Å². The van der Waals surface area contributed by atoms with Crippen molar-refractivity contribution < 1.29 is 0 Å². The Morgan fingerprint density at radius 3 is 2.50 bits per heavy atom. The van der Waals surface area contributed by atoms with Crippen molar-refractivity contribution in [2.24, 2.45) is 11.8 Å². The normalized spacial score (nSPS) is 20.2. The molecule has 1 aliphatic rings. The van der Waals surface area contributed by atoms with Gasteiger partial charge in [-0.15, -0.1) is 0 Å². The molecule has 1 fully saturated rings. The van der Waals surface area contributed by atoms with Gasteiger partial charge in [0, 0.05) is 19.3 Å². The van der Waals surface area contributed by atoms with E-state index in [0.717, 1.165) is 18.4 Å². The number of hydrogen-bond acceptors (Lipinski definition) is 2. The lowest BCUT2D eigenvalue weighted by Gasteiger charge is -2.20. The molecule has 2 nitrogen and oxygen atoms in total. The zero-order valence-corrected chi connectivity index (χ0v) is 12.4. The van der Waals surface area contributed by atoms with Gasteiger partial charge in [0.25, 0.3) is 0 Å². The summed E-state index contributed by atoms with van der Waals surface area (Å²) in [7, 11) is 0. The van der Waals surface area contributed by atoms with Gasteiger partial charge in [-0.3, -0.25) is 0 Å². The van der Waals surface area contributed by atoms with Gasteiger partial charge in [-0.05, 0) is 48.3 Å². The van der Waals surface area contributed by atoms with E-state index < -0.39 is 0 Å². The molecule has 1 saturated heterocycles. The summed E-state index contributed by atoms with van der Waals surface area (Å²) < 4.78 is 0. The van der Waals surface area contributed by atoms with Crippen LogP contribution >= 0.6 is 0 Å². The zero-order valence-electron chi connectivity index (χ0n) is 12.4. The zero-order chi connectivity index (χ0) is 13.3. The van der Waals surface area contributed by atoms with Crippen molar-refractivity contribution in [1.29, 1.82) is 0 Å². The third kappa shape index (κ3) is 2.68. The van der Waals surface area contributed by atoms with E-state index >= 15 is 0 Å². The van der Waals surface area contributed by atoms with Crippen LogP contribution in [0.1, 0.15) is 51.2 Å². The van der Waals surface area contributed by atoms with Crippen molar-refractivity contribution >= 4 is 5.82 Å². The highest BCUT2D eigenvalue weighted by Gasteiger charge is 2.25. The van der Waals surface area contributed by atoms with Gasteiger partial charge in [0.1, 0.15) is 5.82 Å². The van der Waals surface area contributed by atoms with Crippen LogP contribution in [0.2, 0.25) is 0 Å². The van der Waals surface area contributed by atoms with Gasteiger partial charge in [-0.2, -0.15) is 0 Å². The second kappa shape index (κ2) is 5.29. The molecule has 1 aromatic heterocycles. The van der Waals surface area contributed by atoms with Crippen molar-refractivity contribution in [3.63, 3.8) is 0 Å². The Hall–Kier alpha value is -1.05. The van der Waals surface area contributed by atoms with Crippen LogP contribution in [0.15, 0.2) is 12.3 Å². The quantitative estimate of drug-likeness (QED) is 0.801. The molecule has 2 heteroatoms. The number of hydrogen-bond donors (Lipinski definition) is 0. The standard InChI is InChI=1S/C16H26N2/c1-11(2)14-6-7-18(10-14)16-8-13(5)15(9-17-16)12(3)4/h8-9,11-12,14H,6-7,10H2,1-5H3. The van der Waals surface area contributed by atoms with Crippen LogP contribution in [-0.4, -0.2) is 18.1 Å². The summed E-state index contributed by atoms with van der Waals surface area (Å²) in [5, 5.41) is 0. The molecule has 0 spiro atoms. The highest BCUT2D eigenvalue weighted by molar-refractivity contribution is 5.45. The highest BCUT2D eigenvalue weighted by Crippen LogP contribution is 2.29. The van der Waals surface area contributed by atoms with Crippen LogP contribution in [-0.2, 0) is 0 Å². The fourth-order valence-corrected chi connectivity index (χ4v) is 2.87. The van der Waals surface area contributed by atoms with Crippen molar-refractivity contribution in [3.8, 4) is 0 Å². The van der Waals surface area contributed by atoms with Crippen molar-refractivity contribution in [2.75, 3.05) is 18.0 Å². The van der Waals surface area contributed by atoms with Gasteiger partial charge in [0.05, 0.1) is 0 Å². The molecule has 0 bridgehead atoms. The first-order chi connectivity index (χ1) is 8.49. The fourth-order valence-electron chi connectivity index (χ4n) is 2.87. The Kier molecular flexibility index (Phi) is 3.94. The largest absolute Gasteiger partial charge is 0.356 e. The molecule has 0 aromatic carbocycles.